The minimum Gasteiger partial charge on any atom is -0.394 e. The SMILES string of the molecule is CC1C(Br)=CC=CC1[C@@H](CO)NC(=O)c1ccc(-c2nc(C3CCOCC3)cnc2N)cc1F. The molecule has 4 rings (SSSR count). The van der Waals surface area contributed by atoms with Crippen LogP contribution in [-0.2, 0) is 4.74 Å². The van der Waals surface area contributed by atoms with E-state index in [0.717, 1.165) is 23.0 Å². The number of aliphatic hydroxyl groups excluding tert-OH is 1. The third kappa shape index (κ3) is 5.21. The number of halogens is 2. The fraction of sp³-hybridized carbons (Fsp3) is 0.400. The molecule has 4 N–H and O–H groups in total. The topological polar surface area (TPSA) is 110 Å². The van der Waals surface area contributed by atoms with Crippen LogP contribution in [0.25, 0.3) is 11.3 Å². The summed E-state index contributed by atoms with van der Waals surface area (Å²) < 4.78 is 21.4. The lowest BCUT2D eigenvalue weighted by Crippen LogP contribution is -2.45. The number of nitrogen functional groups attached to an aromatic ring is 1. The Morgan fingerprint density at radius 2 is 2.15 bits per heavy atom. The number of carbonyl (C=O) groups is 1. The van der Waals surface area contributed by atoms with Crippen molar-refractivity contribution in [1.29, 1.82) is 0 Å². The Labute approximate surface area is 206 Å². The van der Waals surface area contributed by atoms with Gasteiger partial charge in [0, 0.05) is 30.6 Å². The zero-order valence-electron chi connectivity index (χ0n) is 18.9. The zero-order chi connectivity index (χ0) is 24.2. The van der Waals surface area contributed by atoms with E-state index in [0.29, 0.717) is 24.5 Å². The van der Waals surface area contributed by atoms with Crippen LogP contribution in [-0.4, -0.2) is 46.8 Å². The quantitative estimate of drug-likeness (QED) is 0.521. The number of nitrogens with two attached hydrogens (primary N) is 1. The fourth-order valence-corrected chi connectivity index (χ4v) is 4.89. The normalized spacial score (nSPS) is 21.7. The van der Waals surface area contributed by atoms with Crippen molar-refractivity contribution in [3.05, 3.63) is 64.2 Å². The Kier molecular flexibility index (Phi) is 7.75. The molecule has 1 saturated heterocycles. The van der Waals surface area contributed by atoms with Gasteiger partial charge in [0.25, 0.3) is 5.91 Å². The fourth-order valence-electron chi connectivity index (χ4n) is 4.43. The van der Waals surface area contributed by atoms with Crippen LogP contribution in [0.5, 0.6) is 0 Å². The summed E-state index contributed by atoms with van der Waals surface area (Å²) in [5.74, 6) is -0.929. The number of nitrogens with zero attached hydrogens (tertiary/aromatic N) is 2. The number of allylic oxidation sites excluding steroid dienone is 3. The number of carbonyl (C=O) groups excluding carboxylic acids is 1. The monoisotopic (exact) mass is 530 g/mol. The van der Waals surface area contributed by atoms with Crippen LogP contribution in [0.3, 0.4) is 0 Å². The summed E-state index contributed by atoms with van der Waals surface area (Å²) in [4.78, 5) is 21.8. The van der Waals surface area contributed by atoms with Gasteiger partial charge in [-0.2, -0.15) is 0 Å². The number of hydrogen-bond donors (Lipinski definition) is 3. The van der Waals surface area contributed by atoms with Crippen molar-refractivity contribution >= 4 is 27.7 Å². The maximum absolute atomic E-state index is 15.0. The lowest BCUT2D eigenvalue weighted by Gasteiger charge is -2.31. The van der Waals surface area contributed by atoms with Gasteiger partial charge in [-0.05, 0) is 35.4 Å². The average molecular weight is 531 g/mol. The van der Waals surface area contributed by atoms with Gasteiger partial charge in [-0.3, -0.25) is 4.79 Å². The molecule has 7 nitrogen and oxygen atoms in total. The second-order valence-corrected chi connectivity index (χ2v) is 9.59. The van der Waals surface area contributed by atoms with E-state index in [1.54, 1.807) is 12.3 Å². The summed E-state index contributed by atoms with van der Waals surface area (Å²) in [6, 6.07) is 3.71. The lowest BCUT2D eigenvalue weighted by molar-refractivity contribution is 0.0844. The Bertz CT molecular complexity index is 1120. The first-order valence-corrected chi connectivity index (χ1v) is 12.1. The Balaban J connectivity index is 1.53. The standard InChI is InChI=1S/C25H28BrFN4O3/c1-14-17(3-2-4-19(14)26)22(13-32)31-25(33)18-6-5-16(11-20(18)27)23-24(28)29-12-21(30-23)15-7-9-34-10-8-15/h2-6,11-12,14-15,17,22,32H,7-10,13H2,1H3,(H2,28,29)(H,31,33)/t14?,17?,22-/m1/s1. The highest BCUT2D eigenvalue weighted by Crippen LogP contribution is 2.33. The minimum absolute atomic E-state index is 0.0687. The van der Waals surface area contributed by atoms with Crippen molar-refractivity contribution in [1.82, 2.24) is 15.3 Å². The van der Waals surface area contributed by atoms with E-state index in [4.69, 9.17) is 10.5 Å². The average Bonchev–Trinajstić information content (AvgIpc) is 2.85. The van der Waals surface area contributed by atoms with Crippen molar-refractivity contribution in [2.45, 2.75) is 31.7 Å². The van der Waals surface area contributed by atoms with Gasteiger partial charge in [-0.25, -0.2) is 14.4 Å². The molecule has 0 spiro atoms. The summed E-state index contributed by atoms with van der Waals surface area (Å²) in [7, 11) is 0. The number of aromatic nitrogens is 2. The van der Waals surface area contributed by atoms with Gasteiger partial charge >= 0.3 is 0 Å². The van der Waals surface area contributed by atoms with Crippen LogP contribution in [0.4, 0.5) is 10.2 Å². The molecule has 9 heteroatoms. The molecular weight excluding hydrogens is 503 g/mol. The number of ether oxygens (including phenoxy) is 1. The Hall–Kier alpha value is -2.62. The van der Waals surface area contributed by atoms with Gasteiger partial charge in [0.15, 0.2) is 0 Å². The second kappa shape index (κ2) is 10.8. The minimum atomic E-state index is -0.697. The summed E-state index contributed by atoms with van der Waals surface area (Å²) in [5, 5.41) is 12.7. The van der Waals surface area contributed by atoms with Gasteiger partial charge in [-0.1, -0.05) is 47.1 Å². The van der Waals surface area contributed by atoms with E-state index >= 15 is 4.39 Å². The molecule has 2 heterocycles. The van der Waals surface area contributed by atoms with Gasteiger partial charge < -0.3 is 20.9 Å². The molecule has 0 bridgehead atoms. The molecule has 1 amide bonds. The molecule has 0 radical (unpaired) electrons. The van der Waals surface area contributed by atoms with E-state index in [9.17, 15) is 9.90 Å². The molecule has 1 aliphatic heterocycles. The van der Waals surface area contributed by atoms with E-state index in [1.165, 1.54) is 12.1 Å². The smallest absolute Gasteiger partial charge is 0.254 e. The summed E-state index contributed by atoms with van der Waals surface area (Å²) in [6.07, 6.45) is 9.09. The maximum Gasteiger partial charge on any atom is 0.254 e. The molecule has 2 aliphatic rings. The molecule has 1 aliphatic carbocycles. The van der Waals surface area contributed by atoms with E-state index in [1.807, 2.05) is 25.2 Å². The molecule has 0 saturated carbocycles. The number of amides is 1. The van der Waals surface area contributed by atoms with Gasteiger partial charge in [0.2, 0.25) is 0 Å². The van der Waals surface area contributed by atoms with Crippen molar-refractivity contribution in [2.24, 2.45) is 11.8 Å². The molecule has 1 fully saturated rings. The van der Waals surface area contributed by atoms with Crippen molar-refractivity contribution < 1.29 is 19.0 Å². The van der Waals surface area contributed by atoms with E-state index in [2.05, 4.69) is 31.2 Å². The molecular formula is C25H28BrFN4O3. The zero-order valence-corrected chi connectivity index (χ0v) is 20.5. The Morgan fingerprint density at radius 3 is 2.85 bits per heavy atom. The highest BCUT2D eigenvalue weighted by molar-refractivity contribution is 9.11. The van der Waals surface area contributed by atoms with Crippen LogP contribution < -0.4 is 11.1 Å². The summed E-state index contributed by atoms with van der Waals surface area (Å²) in [5.41, 5.74) is 7.57. The predicted octanol–water partition coefficient (Wildman–Crippen LogP) is 3.95. The lowest BCUT2D eigenvalue weighted by atomic mass is 9.84. The van der Waals surface area contributed by atoms with Crippen LogP contribution >= 0.6 is 15.9 Å². The van der Waals surface area contributed by atoms with Crippen LogP contribution in [0, 0.1) is 17.7 Å². The largest absolute Gasteiger partial charge is 0.394 e. The molecule has 2 unspecified atom stereocenters. The van der Waals surface area contributed by atoms with Crippen LogP contribution in [0.1, 0.15) is 41.7 Å². The molecule has 3 atom stereocenters. The number of rotatable bonds is 6. The van der Waals surface area contributed by atoms with Crippen LogP contribution in [0.2, 0.25) is 0 Å². The first-order valence-electron chi connectivity index (χ1n) is 11.3. The van der Waals surface area contributed by atoms with Crippen molar-refractivity contribution in [3.8, 4) is 11.3 Å². The maximum atomic E-state index is 15.0. The van der Waals surface area contributed by atoms with E-state index in [-0.39, 0.29) is 35.7 Å². The number of benzene rings is 1. The first-order chi connectivity index (χ1) is 16.4. The van der Waals surface area contributed by atoms with Crippen molar-refractivity contribution in [3.63, 3.8) is 0 Å². The molecule has 1 aromatic carbocycles. The number of hydrogen-bond acceptors (Lipinski definition) is 6. The van der Waals surface area contributed by atoms with Crippen molar-refractivity contribution in [2.75, 3.05) is 25.6 Å². The molecule has 2 aromatic rings. The Morgan fingerprint density at radius 1 is 1.38 bits per heavy atom. The third-order valence-electron chi connectivity index (χ3n) is 6.53. The highest BCUT2D eigenvalue weighted by atomic mass is 79.9. The molecule has 1 aromatic heterocycles. The second-order valence-electron chi connectivity index (χ2n) is 8.67. The summed E-state index contributed by atoms with van der Waals surface area (Å²) in [6.45, 7) is 3.07. The van der Waals surface area contributed by atoms with Gasteiger partial charge in [0.05, 0.1) is 30.1 Å². The molecule has 180 valence electrons. The predicted molar refractivity (Wildman–Crippen MR) is 132 cm³/mol. The summed E-state index contributed by atoms with van der Waals surface area (Å²) >= 11 is 3.51. The molecule has 34 heavy (non-hydrogen) atoms. The van der Waals surface area contributed by atoms with Gasteiger partial charge in [0.1, 0.15) is 17.3 Å². The number of anilines is 1. The highest BCUT2D eigenvalue weighted by Gasteiger charge is 2.29. The number of aliphatic hydroxyl groups is 1. The number of nitrogens with one attached hydrogen (secondary N) is 1. The van der Waals surface area contributed by atoms with Crippen LogP contribution in [0.15, 0.2) is 47.1 Å². The first kappa shape index (κ1) is 24.5. The third-order valence-corrected chi connectivity index (χ3v) is 7.51. The van der Waals surface area contributed by atoms with E-state index < -0.39 is 17.8 Å². The van der Waals surface area contributed by atoms with Gasteiger partial charge in [-0.15, -0.1) is 0 Å².